The van der Waals surface area contributed by atoms with Gasteiger partial charge in [0.15, 0.2) is 0 Å². The topological polar surface area (TPSA) is 71.1 Å². The van der Waals surface area contributed by atoms with Crippen molar-refractivity contribution in [2.75, 3.05) is 46.4 Å². The summed E-state index contributed by atoms with van der Waals surface area (Å²) >= 11 is 0. The van der Waals surface area contributed by atoms with Crippen molar-refractivity contribution in [3.63, 3.8) is 0 Å². The van der Waals surface area contributed by atoms with Crippen LogP contribution in [-0.2, 0) is 4.79 Å². The number of hydrogen-bond donors (Lipinski definition) is 1. The summed E-state index contributed by atoms with van der Waals surface area (Å²) in [7, 11) is 1.60. The second-order valence-electron chi connectivity index (χ2n) is 8.76. The first kappa shape index (κ1) is 22.9. The van der Waals surface area contributed by atoms with Gasteiger partial charge >= 0.3 is 0 Å². The lowest BCUT2D eigenvalue weighted by Gasteiger charge is -2.37. The summed E-state index contributed by atoms with van der Waals surface area (Å²) in [6.07, 6.45) is 0. The minimum atomic E-state index is -0.355. The molecule has 1 saturated heterocycles. The van der Waals surface area contributed by atoms with Crippen molar-refractivity contribution >= 4 is 11.8 Å². The van der Waals surface area contributed by atoms with Crippen LogP contribution in [0.15, 0.2) is 72.8 Å². The lowest BCUT2D eigenvalue weighted by molar-refractivity contribution is -0.133. The number of methoxy groups -OCH3 is 1. The number of nitrogens with one attached hydrogen (secondary N) is 1. The van der Waals surface area contributed by atoms with Gasteiger partial charge in [0, 0.05) is 56.0 Å². The van der Waals surface area contributed by atoms with Crippen LogP contribution in [0.3, 0.4) is 0 Å². The van der Waals surface area contributed by atoms with E-state index in [0.29, 0.717) is 25.2 Å². The lowest BCUT2D eigenvalue weighted by Crippen LogP contribution is -2.51. The molecule has 1 fully saturated rings. The molecule has 5 rings (SSSR count). The molecule has 0 spiro atoms. The molecule has 2 heterocycles. The van der Waals surface area contributed by atoms with Crippen LogP contribution in [-0.4, -0.2) is 68.0 Å². The quantitative estimate of drug-likeness (QED) is 0.596. The third-order valence-electron chi connectivity index (χ3n) is 6.68. The standard InChI is InChI=1S/C28H29N3O4/c1-34-21-12-10-20(11-13-21)27(32)29-14-15-30-16-18-31(19-17-30)28(33)26-22-6-2-4-8-24(22)35-25-9-5-3-7-23(25)26/h2-13,26H,14-19H2,1H3,(H,29,32). The molecule has 3 aromatic carbocycles. The fourth-order valence-corrected chi connectivity index (χ4v) is 4.72. The number of hydrogen-bond acceptors (Lipinski definition) is 5. The molecule has 0 aromatic heterocycles. The number of amides is 2. The van der Waals surface area contributed by atoms with Gasteiger partial charge in [-0.1, -0.05) is 36.4 Å². The number of carbonyl (C=O) groups is 2. The number of carbonyl (C=O) groups excluding carboxylic acids is 2. The minimum Gasteiger partial charge on any atom is -0.497 e. The highest BCUT2D eigenvalue weighted by atomic mass is 16.5. The number of ether oxygens (including phenoxy) is 2. The van der Waals surface area contributed by atoms with Crippen molar-refractivity contribution in [3.05, 3.63) is 89.5 Å². The van der Waals surface area contributed by atoms with Crippen molar-refractivity contribution in [2.45, 2.75) is 5.92 Å². The second-order valence-corrected chi connectivity index (χ2v) is 8.76. The van der Waals surface area contributed by atoms with E-state index in [2.05, 4.69) is 10.2 Å². The Labute approximate surface area is 205 Å². The molecular weight excluding hydrogens is 442 g/mol. The molecule has 0 saturated carbocycles. The number of nitrogens with zero attached hydrogens (tertiary/aromatic N) is 2. The largest absolute Gasteiger partial charge is 0.497 e. The number of rotatable bonds is 6. The fourth-order valence-electron chi connectivity index (χ4n) is 4.72. The Morgan fingerprint density at radius 2 is 1.49 bits per heavy atom. The van der Waals surface area contributed by atoms with Gasteiger partial charge in [-0.25, -0.2) is 0 Å². The SMILES string of the molecule is COc1ccc(C(=O)NCCN2CCN(C(=O)C3c4ccccc4Oc4ccccc43)CC2)cc1. The Morgan fingerprint density at radius 3 is 2.09 bits per heavy atom. The Morgan fingerprint density at radius 1 is 0.886 bits per heavy atom. The van der Waals surface area contributed by atoms with Crippen molar-refractivity contribution in [2.24, 2.45) is 0 Å². The number of piperazine rings is 1. The van der Waals surface area contributed by atoms with E-state index in [9.17, 15) is 9.59 Å². The summed E-state index contributed by atoms with van der Waals surface area (Å²) in [5.74, 6) is 1.87. The van der Waals surface area contributed by atoms with Gasteiger partial charge < -0.3 is 19.7 Å². The van der Waals surface area contributed by atoms with Crippen LogP contribution in [0.4, 0.5) is 0 Å². The van der Waals surface area contributed by atoms with Crippen LogP contribution < -0.4 is 14.8 Å². The molecular formula is C28H29N3O4. The zero-order chi connectivity index (χ0) is 24.2. The Kier molecular flexibility index (Phi) is 6.68. The molecule has 7 nitrogen and oxygen atoms in total. The molecule has 0 atom stereocenters. The van der Waals surface area contributed by atoms with Crippen LogP contribution >= 0.6 is 0 Å². The molecule has 0 unspecified atom stereocenters. The molecule has 1 N–H and O–H groups in total. The first-order valence-electron chi connectivity index (χ1n) is 11.9. The summed E-state index contributed by atoms with van der Waals surface area (Å²) in [5.41, 5.74) is 2.44. The van der Waals surface area contributed by atoms with E-state index in [0.717, 1.165) is 48.0 Å². The van der Waals surface area contributed by atoms with E-state index in [1.54, 1.807) is 31.4 Å². The smallest absolute Gasteiger partial charge is 0.251 e. The number of para-hydroxylation sites is 2. The molecule has 7 heteroatoms. The molecule has 180 valence electrons. The highest BCUT2D eigenvalue weighted by Gasteiger charge is 2.36. The van der Waals surface area contributed by atoms with Crippen molar-refractivity contribution in [1.29, 1.82) is 0 Å². The summed E-state index contributed by atoms with van der Waals surface area (Å²) in [4.78, 5) is 30.3. The number of benzene rings is 3. The zero-order valence-corrected chi connectivity index (χ0v) is 19.8. The van der Waals surface area contributed by atoms with Crippen LogP contribution in [0.25, 0.3) is 0 Å². The lowest BCUT2D eigenvalue weighted by atomic mass is 9.86. The predicted octanol–water partition coefficient (Wildman–Crippen LogP) is 3.51. The predicted molar refractivity (Wildman–Crippen MR) is 133 cm³/mol. The first-order valence-corrected chi connectivity index (χ1v) is 11.9. The zero-order valence-electron chi connectivity index (χ0n) is 19.8. The Bertz CT molecular complexity index is 1160. The van der Waals surface area contributed by atoms with Crippen LogP contribution in [0.1, 0.15) is 27.4 Å². The third kappa shape index (κ3) is 4.86. The Hall–Kier alpha value is -3.84. The molecule has 3 aromatic rings. The van der Waals surface area contributed by atoms with Crippen LogP contribution in [0, 0.1) is 0 Å². The summed E-state index contributed by atoms with van der Waals surface area (Å²) in [5, 5.41) is 2.98. The highest BCUT2D eigenvalue weighted by Crippen LogP contribution is 2.44. The van der Waals surface area contributed by atoms with Gasteiger partial charge in [-0.15, -0.1) is 0 Å². The van der Waals surface area contributed by atoms with Gasteiger partial charge in [-0.2, -0.15) is 0 Å². The molecule has 35 heavy (non-hydrogen) atoms. The molecule has 2 amide bonds. The van der Waals surface area contributed by atoms with Crippen molar-refractivity contribution in [1.82, 2.24) is 15.1 Å². The van der Waals surface area contributed by atoms with Gasteiger partial charge in [0.2, 0.25) is 5.91 Å². The average Bonchev–Trinajstić information content (AvgIpc) is 2.91. The van der Waals surface area contributed by atoms with E-state index in [1.165, 1.54) is 0 Å². The molecule has 2 aliphatic rings. The monoisotopic (exact) mass is 471 g/mol. The molecule has 0 aliphatic carbocycles. The van der Waals surface area contributed by atoms with Gasteiger partial charge in [0.25, 0.3) is 5.91 Å². The normalized spacial score (nSPS) is 15.5. The van der Waals surface area contributed by atoms with Crippen molar-refractivity contribution < 1.29 is 19.1 Å². The molecule has 2 aliphatic heterocycles. The van der Waals surface area contributed by atoms with E-state index in [4.69, 9.17) is 9.47 Å². The van der Waals surface area contributed by atoms with Gasteiger partial charge in [-0.3, -0.25) is 14.5 Å². The third-order valence-corrected chi connectivity index (χ3v) is 6.68. The molecule has 0 radical (unpaired) electrons. The van der Waals surface area contributed by atoms with Gasteiger partial charge in [-0.05, 0) is 36.4 Å². The minimum absolute atomic E-state index is 0.0988. The maximum Gasteiger partial charge on any atom is 0.251 e. The van der Waals surface area contributed by atoms with Gasteiger partial charge in [0.05, 0.1) is 13.0 Å². The summed E-state index contributed by atoms with van der Waals surface area (Å²) in [6, 6.07) is 22.6. The van der Waals surface area contributed by atoms with E-state index < -0.39 is 0 Å². The number of fused-ring (bicyclic) bond motifs is 2. The Balaban J connectivity index is 1.16. The van der Waals surface area contributed by atoms with E-state index >= 15 is 0 Å². The maximum absolute atomic E-state index is 13.7. The highest BCUT2D eigenvalue weighted by molar-refractivity contribution is 5.94. The van der Waals surface area contributed by atoms with E-state index in [1.807, 2.05) is 53.4 Å². The molecule has 0 bridgehead atoms. The van der Waals surface area contributed by atoms with Gasteiger partial charge in [0.1, 0.15) is 17.2 Å². The van der Waals surface area contributed by atoms with E-state index in [-0.39, 0.29) is 17.7 Å². The van der Waals surface area contributed by atoms with Crippen molar-refractivity contribution in [3.8, 4) is 17.2 Å². The summed E-state index contributed by atoms with van der Waals surface area (Å²) in [6.45, 7) is 4.17. The second kappa shape index (κ2) is 10.2. The fraction of sp³-hybridized carbons (Fsp3) is 0.286. The summed E-state index contributed by atoms with van der Waals surface area (Å²) < 4.78 is 11.2. The van der Waals surface area contributed by atoms with Crippen LogP contribution in [0.2, 0.25) is 0 Å². The van der Waals surface area contributed by atoms with Crippen LogP contribution in [0.5, 0.6) is 17.2 Å². The maximum atomic E-state index is 13.7. The first-order chi connectivity index (χ1) is 17.1. The average molecular weight is 472 g/mol.